The highest BCUT2D eigenvalue weighted by Gasteiger charge is 2.36. The number of hydrogen-bond donors (Lipinski definition) is 0. The van der Waals surface area contributed by atoms with Crippen LogP contribution in [0, 0.1) is 0 Å². The largest absolute Gasteiger partial charge is 0.293 e. The van der Waals surface area contributed by atoms with E-state index in [2.05, 4.69) is 0 Å². The smallest absolute Gasteiger partial charge is 0.285 e. The highest BCUT2D eigenvalue weighted by Crippen LogP contribution is 2.32. The summed E-state index contributed by atoms with van der Waals surface area (Å²) >= 11 is 5.76. The fourth-order valence-corrected chi connectivity index (χ4v) is 3.01. The summed E-state index contributed by atoms with van der Waals surface area (Å²) in [6, 6.07) is 8.33. The highest BCUT2D eigenvalue weighted by molar-refractivity contribution is 6.18. The summed E-state index contributed by atoms with van der Waals surface area (Å²) in [4.78, 5) is 1.87. The van der Waals surface area contributed by atoms with Gasteiger partial charge in [-0.05, 0) is 12.8 Å². The third kappa shape index (κ3) is 3.90. The van der Waals surface area contributed by atoms with Crippen molar-refractivity contribution >= 4 is 11.6 Å². The van der Waals surface area contributed by atoms with Crippen molar-refractivity contribution in [1.82, 2.24) is 4.90 Å². The molecule has 106 valence electrons. The van der Waals surface area contributed by atoms with Crippen LogP contribution in [0.25, 0.3) is 0 Å². The van der Waals surface area contributed by atoms with Crippen LogP contribution in [0.3, 0.4) is 0 Å². The Balaban J connectivity index is 2.06. The van der Waals surface area contributed by atoms with Gasteiger partial charge in [0.25, 0.3) is 5.92 Å². The minimum Gasteiger partial charge on any atom is -0.293 e. The van der Waals surface area contributed by atoms with E-state index in [0.717, 1.165) is 25.7 Å². The Morgan fingerprint density at radius 3 is 2.37 bits per heavy atom. The Morgan fingerprint density at radius 2 is 1.79 bits per heavy atom. The van der Waals surface area contributed by atoms with Gasteiger partial charge in [0.15, 0.2) is 0 Å². The van der Waals surface area contributed by atoms with Gasteiger partial charge in [-0.3, -0.25) is 4.90 Å². The molecule has 1 aromatic carbocycles. The van der Waals surface area contributed by atoms with E-state index in [0.29, 0.717) is 12.4 Å². The first-order valence-corrected chi connectivity index (χ1v) is 7.40. The average Bonchev–Trinajstić information content (AvgIpc) is 2.93. The molecule has 1 nitrogen and oxygen atoms in total. The molecule has 0 heterocycles. The first-order chi connectivity index (χ1) is 9.13. The van der Waals surface area contributed by atoms with Gasteiger partial charge in [-0.15, -0.1) is 11.6 Å². The van der Waals surface area contributed by atoms with Crippen LogP contribution in [-0.4, -0.2) is 29.9 Å². The van der Waals surface area contributed by atoms with Crippen molar-refractivity contribution in [2.75, 3.05) is 19.0 Å². The first-order valence-electron chi connectivity index (χ1n) is 6.87. The summed E-state index contributed by atoms with van der Waals surface area (Å²) in [5.41, 5.74) is 0.0903. The van der Waals surface area contributed by atoms with Gasteiger partial charge in [0.05, 0.1) is 6.54 Å². The molecule has 1 aliphatic carbocycles. The summed E-state index contributed by atoms with van der Waals surface area (Å²) in [5, 5.41) is 0. The van der Waals surface area contributed by atoms with E-state index in [1.165, 1.54) is 12.1 Å². The van der Waals surface area contributed by atoms with Gasteiger partial charge in [0.1, 0.15) is 0 Å². The van der Waals surface area contributed by atoms with Crippen molar-refractivity contribution in [1.29, 1.82) is 0 Å². The SMILES string of the molecule is FC(F)(CN(CCCl)C1CCCC1)c1ccccc1. The van der Waals surface area contributed by atoms with E-state index in [1.807, 2.05) is 4.90 Å². The summed E-state index contributed by atoms with van der Waals surface area (Å²) < 4.78 is 28.6. The Kier molecular flexibility index (Phi) is 5.17. The molecular weight excluding hydrogens is 268 g/mol. The van der Waals surface area contributed by atoms with Crippen LogP contribution in [-0.2, 0) is 5.92 Å². The average molecular weight is 288 g/mol. The molecule has 2 rings (SSSR count). The molecule has 0 bridgehead atoms. The molecule has 1 fully saturated rings. The number of benzene rings is 1. The van der Waals surface area contributed by atoms with Crippen LogP contribution in [0.1, 0.15) is 31.2 Å². The number of nitrogens with zero attached hydrogens (tertiary/aromatic N) is 1. The normalized spacial score (nSPS) is 17.3. The molecule has 1 saturated carbocycles. The van der Waals surface area contributed by atoms with E-state index in [-0.39, 0.29) is 18.2 Å². The molecule has 0 radical (unpaired) electrons. The molecule has 0 unspecified atom stereocenters. The van der Waals surface area contributed by atoms with Crippen molar-refractivity contribution in [3.8, 4) is 0 Å². The molecular formula is C15H20ClF2N. The van der Waals surface area contributed by atoms with Crippen LogP contribution >= 0.6 is 11.6 Å². The van der Waals surface area contributed by atoms with Crippen molar-refractivity contribution in [2.24, 2.45) is 0 Å². The van der Waals surface area contributed by atoms with Gasteiger partial charge in [-0.25, -0.2) is 0 Å². The predicted octanol–water partition coefficient (Wildman–Crippen LogP) is 4.26. The van der Waals surface area contributed by atoms with Crippen molar-refractivity contribution in [2.45, 2.75) is 37.6 Å². The van der Waals surface area contributed by atoms with E-state index < -0.39 is 5.92 Å². The minimum atomic E-state index is -2.81. The van der Waals surface area contributed by atoms with Crippen LogP contribution in [0.15, 0.2) is 30.3 Å². The fourth-order valence-electron chi connectivity index (χ4n) is 2.80. The Morgan fingerprint density at radius 1 is 1.16 bits per heavy atom. The standard InChI is InChI=1S/C15H20ClF2N/c16-10-11-19(14-8-4-5-9-14)12-15(17,18)13-6-2-1-3-7-13/h1-3,6-7,14H,4-5,8-12H2. The van der Waals surface area contributed by atoms with Crippen LogP contribution < -0.4 is 0 Å². The quantitative estimate of drug-likeness (QED) is 0.707. The van der Waals surface area contributed by atoms with Crippen LogP contribution in [0.2, 0.25) is 0 Å². The maximum atomic E-state index is 14.3. The minimum absolute atomic E-state index is 0.0903. The Bertz CT molecular complexity index is 377. The molecule has 0 amide bonds. The Labute approximate surface area is 118 Å². The molecule has 1 aliphatic rings. The second-order valence-corrected chi connectivity index (χ2v) is 5.55. The maximum Gasteiger partial charge on any atom is 0.285 e. The lowest BCUT2D eigenvalue weighted by Gasteiger charge is -2.31. The van der Waals surface area contributed by atoms with Gasteiger partial charge >= 0.3 is 0 Å². The van der Waals surface area contributed by atoms with Crippen LogP contribution in [0.5, 0.6) is 0 Å². The lowest BCUT2D eigenvalue weighted by molar-refractivity contribution is -0.0460. The molecule has 0 N–H and O–H groups in total. The fraction of sp³-hybridized carbons (Fsp3) is 0.600. The first kappa shape index (κ1) is 14.7. The predicted molar refractivity (Wildman–Crippen MR) is 74.9 cm³/mol. The van der Waals surface area contributed by atoms with Gasteiger partial charge in [0.2, 0.25) is 0 Å². The third-order valence-electron chi connectivity index (χ3n) is 3.81. The van der Waals surface area contributed by atoms with Crippen molar-refractivity contribution in [3.63, 3.8) is 0 Å². The number of hydrogen-bond acceptors (Lipinski definition) is 1. The third-order valence-corrected chi connectivity index (χ3v) is 3.98. The summed E-state index contributed by atoms with van der Waals surface area (Å²) in [7, 11) is 0. The molecule has 0 aliphatic heterocycles. The molecule has 4 heteroatoms. The van der Waals surface area contributed by atoms with Gasteiger partial charge < -0.3 is 0 Å². The molecule has 0 aromatic heterocycles. The van der Waals surface area contributed by atoms with E-state index in [4.69, 9.17) is 11.6 Å². The number of rotatable bonds is 6. The molecule has 19 heavy (non-hydrogen) atoms. The zero-order valence-electron chi connectivity index (χ0n) is 11.0. The molecule has 0 spiro atoms. The van der Waals surface area contributed by atoms with Gasteiger partial charge in [-0.2, -0.15) is 8.78 Å². The highest BCUT2D eigenvalue weighted by atomic mass is 35.5. The molecule has 1 aromatic rings. The molecule has 0 atom stereocenters. The van der Waals surface area contributed by atoms with Crippen LogP contribution in [0.4, 0.5) is 8.78 Å². The zero-order chi connectivity index (χ0) is 13.7. The van der Waals surface area contributed by atoms with E-state index in [1.54, 1.807) is 18.2 Å². The summed E-state index contributed by atoms with van der Waals surface area (Å²) in [6.07, 6.45) is 4.31. The zero-order valence-corrected chi connectivity index (χ0v) is 11.8. The lowest BCUT2D eigenvalue weighted by atomic mass is 10.1. The topological polar surface area (TPSA) is 3.24 Å². The monoisotopic (exact) mass is 287 g/mol. The van der Waals surface area contributed by atoms with Gasteiger partial charge in [-0.1, -0.05) is 43.2 Å². The number of alkyl halides is 3. The second-order valence-electron chi connectivity index (χ2n) is 5.17. The number of halogens is 3. The maximum absolute atomic E-state index is 14.3. The van der Waals surface area contributed by atoms with E-state index in [9.17, 15) is 8.78 Å². The lowest BCUT2D eigenvalue weighted by Crippen LogP contribution is -2.42. The van der Waals surface area contributed by atoms with E-state index >= 15 is 0 Å². The summed E-state index contributed by atoms with van der Waals surface area (Å²) in [6.45, 7) is 0.309. The second kappa shape index (κ2) is 6.67. The molecule has 0 saturated heterocycles. The van der Waals surface area contributed by atoms with Crippen molar-refractivity contribution in [3.05, 3.63) is 35.9 Å². The summed E-state index contributed by atoms with van der Waals surface area (Å²) in [5.74, 6) is -2.41. The Hall–Kier alpha value is -0.670. The van der Waals surface area contributed by atoms with Gasteiger partial charge in [0, 0.05) is 24.0 Å². The van der Waals surface area contributed by atoms with Crippen molar-refractivity contribution < 1.29 is 8.78 Å².